The van der Waals surface area contributed by atoms with E-state index in [0.717, 1.165) is 78.0 Å². The Morgan fingerprint density at radius 3 is 2.19 bits per heavy atom. The highest BCUT2D eigenvalue weighted by Gasteiger charge is 2.27. The number of benzene rings is 4. The summed E-state index contributed by atoms with van der Waals surface area (Å²) in [7, 11) is 0. The minimum Gasteiger partial charge on any atom is -0.374 e. The van der Waals surface area contributed by atoms with Gasteiger partial charge < -0.3 is 24.7 Å². The Bertz CT molecular complexity index is 2590. The molecule has 0 radical (unpaired) electrons. The van der Waals surface area contributed by atoms with Gasteiger partial charge in [0.25, 0.3) is 5.91 Å². The molecule has 4 aromatic carbocycles. The van der Waals surface area contributed by atoms with Gasteiger partial charge in [-0.3, -0.25) is 9.69 Å². The zero-order valence-corrected chi connectivity index (χ0v) is 37.9. The van der Waals surface area contributed by atoms with Crippen LogP contribution in [-0.4, -0.2) is 80.1 Å². The minimum atomic E-state index is -0.165. The summed E-state index contributed by atoms with van der Waals surface area (Å²) in [6.07, 6.45) is 7.52. The van der Waals surface area contributed by atoms with E-state index in [1.807, 2.05) is 6.92 Å². The molecule has 0 atom stereocenters. The second kappa shape index (κ2) is 22.7. The van der Waals surface area contributed by atoms with Crippen molar-refractivity contribution in [3.05, 3.63) is 123 Å². The molecule has 0 bridgehead atoms. The van der Waals surface area contributed by atoms with Crippen LogP contribution in [0.2, 0.25) is 5.02 Å². The van der Waals surface area contributed by atoms with Crippen LogP contribution in [0.3, 0.4) is 0 Å². The Morgan fingerprint density at radius 1 is 0.794 bits per heavy atom. The quantitative estimate of drug-likeness (QED) is 0.126. The van der Waals surface area contributed by atoms with E-state index in [1.165, 1.54) is 74.1 Å². The van der Waals surface area contributed by atoms with Gasteiger partial charge in [0.2, 0.25) is 0 Å². The fourth-order valence-corrected chi connectivity index (χ4v) is 8.77. The van der Waals surface area contributed by atoms with Crippen molar-refractivity contribution in [3.8, 4) is 23.7 Å². The van der Waals surface area contributed by atoms with Crippen LogP contribution in [0.5, 0.6) is 0 Å². The molecule has 4 heterocycles. The van der Waals surface area contributed by atoms with E-state index in [0.29, 0.717) is 17.1 Å². The highest BCUT2D eigenvalue weighted by molar-refractivity contribution is 6.31. The summed E-state index contributed by atoms with van der Waals surface area (Å²) >= 11 is 6.01. The fraction of sp³-hybridized carbons (Fsp3) is 0.415. The molecule has 0 unspecified atom stereocenters. The van der Waals surface area contributed by atoms with Gasteiger partial charge in [0.1, 0.15) is 0 Å². The van der Waals surface area contributed by atoms with Crippen molar-refractivity contribution in [3.63, 3.8) is 0 Å². The summed E-state index contributed by atoms with van der Waals surface area (Å²) in [5.74, 6) is 14.1. The van der Waals surface area contributed by atoms with Crippen LogP contribution in [0.1, 0.15) is 105 Å². The number of nitrogens with zero attached hydrogens (tertiary/aromatic N) is 6. The number of carbonyl (C=O) groups is 1. The van der Waals surface area contributed by atoms with Gasteiger partial charge in [-0.15, -0.1) is 0 Å². The number of fused-ring (bicyclic) bond motifs is 2. The van der Waals surface area contributed by atoms with Gasteiger partial charge in [-0.2, -0.15) is 0 Å². The number of halogens is 1. The predicted octanol–water partition coefficient (Wildman–Crippen LogP) is 10.3. The first-order chi connectivity index (χ1) is 30.2. The average Bonchev–Trinajstić information content (AvgIpc) is 4.04. The number of nitrogens with one attached hydrogen (secondary N) is 2. The summed E-state index contributed by atoms with van der Waals surface area (Å²) in [5.41, 5.74) is 10.8. The molecule has 2 aliphatic heterocycles. The van der Waals surface area contributed by atoms with E-state index in [2.05, 4.69) is 147 Å². The van der Waals surface area contributed by atoms with E-state index in [9.17, 15) is 4.79 Å². The molecule has 2 aliphatic rings. The maximum atomic E-state index is 12.2. The maximum Gasteiger partial charge on any atom is 0.252 e. The van der Waals surface area contributed by atoms with Crippen molar-refractivity contribution in [1.82, 2.24) is 34.2 Å². The molecule has 0 saturated carbocycles. The Kier molecular flexibility index (Phi) is 16.9. The van der Waals surface area contributed by atoms with E-state index >= 15 is 0 Å². The Morgan fingerprint density at radius 2 is 1.49 bits per heavy atom. The summed E-state index contributed by atoms with van der Waals surface area (Å²) in [4.78, 5) is 27.3. The molecule has 1 amide bonds. The zero-order valence-electron chi connectivity index (χ0n) is 37.2. The number of likely N-dealkylation sites (tertiary alicyclic amines) is 2. The molecule has 2 saturated heterocycles. The Labute approximate surface area is 380 Å². The number of rotatable bonds is 11. The molecule has 6 aromatic rings. The van der Waals surface area contributed by atoms with Gasteiger partial charge in [-0.05, 0) is 163 Å². The minimum absolute atomic E-state index is 0. The number of imidazole rings is 2. The van der Waals surface area contributed by atoms with Crippen molar-refractivity contribution >= 4 is 45.3 Å². The monoisotopic (exact) mass is 864 g/mol. The first-order valence-corrected chi connectivity index (χ1v) is 22.9. The number of piperidine rings is 1. The van der Waals surface area contributed by atoms with Crippen molar-refractivity contribution in [2.45, 2.75) is 106 Å². The number of para-hydroxylation sites is 1. The standard InChI is InChI=1S/C29H37N5.C23H24ClN3O.CH4/c1-3-34-27-9-6-8-24(22-32-20-15-26(16-21-32)33-18-4-5-19-33)29(27)31-28(34)10-7-17-30-25-13-11-23(2)12-14-25;1-4-7-17-9-12-21-20(15-17)26-22(27(21)5-2)8-6-13-25-23(28)18-10-11-19(24)16(3)14-18;/h6,8-9,11-14,26,30H,3-5,15-22H2,1-2H3;9-12,14-15H,4-5,7,13H2,1-3H3,(H,25,28);1H4. The second-order valence-electron chi connectivity index (χ2n) is 16.4. The largest absolute Gasteiger partial charge is 0.374 e. The van der Waals surface area contributed by atoms with Gasteiger partial charge in [-0.25, -0.2) is 9.97 Å². The van der Waals surface area contributed by atoms with Crippen LogP contribution in [0.4, 0.5) is 5.69 Å². The summed E-state index contributed by atoms with van der Waals surface area (Å²) in [6.45, 7) is 18.9. The molecular formula is C53H65ClN8O. The van der Waals surface area contributed by atoms with E-state index in [-0.39, 0.29) is 19.9 Å². The van der Waals surface area contributed by atoms with Crippen LogP contribution >= 0.6 is 11.6 Å². The number of amides is 1. The van der Waals surface area contributed by atoms with Crippen molar-refractivity contribution in [2.24, 2.45) is 0 Å². The van der Waals surface area contributed by atoms with Crippen molar-refractivity contribution < 1.29 is 4.79 Å². The summed E-state index contributed by atoms with van der Waals surface area (Å²) < 4.78 is 4.35. The van der Waals surface area contributed by atoms with Gasteiger partial charge in [0.05, 0.1) is 35.2 Å². The first-order valence-electron chi connectivity index (χ1n) is 22.5. The van der Waals surface area contributed by atoms with Crippen LogP contribution in [0.15, 0.2) is 78.9 Å². The van der Waals surface area contributed by atoms with E-state index in [4.69, 9.17) is 16.6 Å². The molecular weight excluding hydrogens is 800 g/mol. The number of carbonyl (C=O) groups excluding carboxylic acids is 1. The lowest BCUT2D eigenvalue weighted by Crippen LogP contribution is -2.43. The normalized spacial score (nSPS) is 14.3. The smallest absolute Gasteiger partial charge is 0.252 e. The highest BCUT2D eigenvalue weighted by atomic mass is 35.5. The number of anilines is 1. The third-order valence-corrected chi connectivity index (χ3v) is 12.5. The number of aryl methyl sites for hydroxylation is 5. The van der Waals surface area contributed by atoms with Gasteiger partial charge in [0.15, 0.2) is 11.6 Å². The first kappa shape index (κ1) is 46.9. The van der Waals surface area contributed by atoms with Crippen LogP contribution in [0.25, 0.3) is 22.1 Å². The molecule has 0 spiro atoms. The Balaban J connectivity index is 0.000000211. The molecule has 2 fully saturated rings. The molecule has 8 rings (SSSR count). The van der Waals surface area contributed by atoms with Crippen LogP contribution in [0, 0.1) is 37.5 Å². The lowest BCUT2D eigenvalue weighted by molar-refractivity contribution is 0.0958. The topological polar surface area (TPSA) is 83.2 Å². The molecule has 2 aromatic heterocycles. The highest BCUT2D eigenvalue weighted by Crippen LogP contribution is 2.26. The lowest BCUT2D eigenvalue weighted by atomic mass is 10.0. The number of aromatic nitrogens is 4. The fourth-order valence-electron chi connectivity index (χ4n) is 8.65. The third kappa shape index (κ3) is 11.9. The van der Waals surface area contributed by atoms with Gasteiger partial charge in [-0.1, -0.05) is 80.1 Å². The molecule has 330 valence electrons. The van der Waals surface area contributed by atoms with Gasteiger partial charge >= 0.3 is 0 Å². The maximum absolute atomic E-state index is 12.2. The molecule has 9 nitrogen and oxygen atoms in total. The number of hydrogen-bond acceptors (Lipinski definition) is 6. The average molecular weight is 866 g/mol. The van der Waals surface area contributed by atoms with Crippen LogP contribution < -0.4 is 10.6 Å². The van der Waals surface area contributed by atoms with Crippen LogP contribution in [-0.2, 0) is 26.1 Å². The van der Waals surface area contributed by atoms with E-state index in [1.54, 1.807) is 18.2 Å². The molecule has 0 aliphatic carbocycles. The summed E-state index contributed by atoms with van der Waals surface area (Å²) in [6, 6.07) is 27.5. The Hall–Kier alpha value is -5.58. The predicted molar refractivity (Wildman–Crippen MR) is 263 cm³/mol. The lowest BCUT2D eigenvalue weighted by Gasteiger charge is -2.36. The van der Waals surface area contributed by atoms with Crippen molar-refractivity contribution in [2.75, 3.05) is 44.6 Å². The molecule has 10 heteroatoms. The molecule has 63 heavy (non-hydrogen) atoms. The van der Waals surface area contributed by atoms with Gasteiger partial charge in [0, 0.05) is 41.9 Å². The molecule has 2 N–H and O–H groups in total. The van der Waals surface area contributed by atoms with E-state index < -0.39 is 0 Å². The third-order valence-electron chi connectivity index (χ3n) is 12.0. The number of hydrogen-bond donors (Lipinski definition) is 2. The SMILES string of the molecule is C.CCCc1ccc2c(c1)nc(C#CCNC(=O)c1ccc(Cl)c(C)c1)n2CC.CCn1c(C#CCNc2ccc(C)cc2)nc2c(CN3CCC(N4CCCC4)CC3)cccc21. The summed E-state index contributed by atoms with van der Waals surface area (Å²) in [5, 5.41) is 6.85. The van der Waals surface area contributed by atoms with Crippen molar-refractivity contribution in [1.29, 1.82) is 0 Å². The second-order valence-corrected chi connectivity index (χ2v) is 16.8. The zero-order chi connectivity index (χ0) is 43.4.